The van der Waals surface area contributed by atoms with E-state index in [2.05, 4.69) is 44.3 Å². The molecular weight excluding hydrogens is 304 g/mol. The van der Waals surface area contributed by atoms with Crippen LogP contribution in [0.4, 0.5) is 0 Å². The lowest BCUT2D eigenvalue weighted by atomic mass is 9.89. The molecule has 6 nitrogen and oxygen atoms in total. The minimum atomic E-state index is -0.802. The van der Waals surface area contributed by atoms with Crippen molar-refractivity contribution in [3.63, 3.8) is 0 Å². The van der Waals surface area contributed by atoms with Crippen LogP contribution in [0.15, 0.2) is 35.0 Å². The van der Waals surface area contributed by atoms with E-state index in [1.165, 1.54) is 10.9 Å². The molecule has 1 saturated heterocycles. The summed E-state index contributed by atoms with van der Waals surface area (Å²) >= 11 is 0. The van der Waals surface area contributed by atoms with Gasteiger partial charge in [0.2, 0.25) is 5.89 Å². The molecule has 1 atom stereocenters. The minimum Gasteiger partial charge on any atom is -0.388 e. The summed E-state index contributed by atoms with van der Waals surface area (Å²) in [5, 5.41) is 16.0. The minimum absolute atomic E-state index is 0.415. The Labute approximate surface area is 140 Å². The number of rotatable bonds is 4. The van der Waals surface area contributed by atoms with Crippen LogP contribution in [0.25, 0.3) is 10.9 Å². The highest BCUT2D eigenvalue weighted by Gasteiger charge is 2.35. The molecule has 3 aromatic rings. The number of fused-ring (bicyclic) bond motifs is 1. The van der Waals surface area contributed by atoms with Gasteiger partial charge in [0.05, 0.1) is 12.0 Å². The summed E-state index contributed by atoms with van der Waals surface area (Å²) in [5.74, 6) is 1.13. The number of piperidine rings is 1. The highest BCUT2D eigenvalue weighted by molar-refractivity contribution is 5.82. The maximum atomic E-state index is 11.0. The summed E-state index contributed by atoms with van der Waals surface area (Å²) in [6.45, 7) is 4.24. The second kappa shape index (κ2) is 6.03. The van der Waals surface area contributed by atoms with Crippen LogP contribution < -0.4 is 0 Å². The van der Waals surface area contributed by atoms with Crippen LogP contribution in [-0.4, -0.2) is 43.8 Å². The van der Waals surface area contributed by atoms with Gasteiger partial charge in [0.1, 0.15) is 0 Å². The summed E-state index contributed by atoms with van der Waals surface area (Å²) in [7, 11) is 0. The number of benzene rings is 1. The Morgan fingerprint density at radius 1 is 1.38 bits per heavy atom. The first-order valence-corrected chi connectivity index (χ1v) is 8.40. The third-order valence-electron chi connectivity index (χ3n) is 4.76. The highest BCUT2D eigenvalue weighted by Crippen LogP contribution is 2.27. The third-order valence-corrected chi connectivity index (χ3v) is 4.76. The van der Waals surface area contributed by atoms with Crippen molar-refractivity contribution in [2.45, 2.75) is 38.3 Å². The van der Waals surface area contributed by atoms with E-state index in [9.17, 15) is 5.11 Å². The molecule has 1 aliphatic heterocycles. The van der Waals surface area contributed by atoms with Gasteiger partial charge in [0, 0.05) is 30.2 Å². The van der Waals surface area contributed by atoms with Gasteiger partial charge in [0.15, 0.2) is 5.82 Å². The molecule has 6 heteroatoms. The van der Waals surface area contributed by atoms with Gasteiger partial charge in [-0.2, -0.15) is 4.98 Å². The fourth-order valence-corrected chi connectivity index (χ4v) is 3.71. The largest absolute Gasteiger partial charge is 0.388 e. The zero-order valence-corrected chi connectivity index (χ0v) is 13.8. The fourth-order valence-electron chi connectivity index (χ4n) is 3.71. The predicted octanol–water partition coefficient (Wildman–Crippen LogP) is 2.43. The number of aromatic amines is 1. The van der Waals surface area contributed by atoms with Gasteiger partial charge in [0.25, 0.3) is 0 Å². The van der Waals surface area contributed by atoms with Crippen LogP contribution in [0.5, 0.6) is 0 Å². The quantitative estimate of drug-likeness (QED) is 0.770. The number of β-amino-alcohol motifs (C(OH)–C–C–N with tert-alkyl or cyclic N) is 1. The second-order valence-corrected chi connectivity index (χ2v) is 6.81. The second-order valence-electron chi connectivity index (χ2n) is 6.81. The number of likely N-dealkylation sites (tertiary alicyclic amines) is 1. The average molecular weight is 326 g/mol. The van der Waals surface area contributed by atoms with Gasteiger partial charge in [-0.1, -0.05) is 17.3 Å². The number of aromatic nitrogens is 3. The first-order valence-electron chi connectivity index (χ1n) is 8.40. The van der Waals surface area contributed by atoms with Crippen molar-refractivity contribution in [3.8, 4) is 0 Å². The van der Waals surface area contributed by atoms with Crippen LogP contribution >= 0.6 is 0 Å². The maximum Gasteiger partial charge on any atom is 0.229 e. The van der Waals surface area contributed by atoms with E-state index in [4.69, 9.17) is 4.52 Å². The maximum absolute atomic E-state index is 11.0. The fraction of sp³-hybridized carbons (Fsp3) is 0.444. The first-order chi connectivity index (χ1) is 11.6. The summed E-state index contributed by atoms with van der Waals surface area (Å²) in [4.78, 5) is 9.80. The number of hydrogen-bond acceptors (Lipinski definition) is 5. The lowest BCUT2D eigenvalue weighted by Crippen LogP contribution is -2.49. The Hall–Kier alpha value is -2.18. The van der Waals surface area contributed by atoms with E-state index in [0.29, 0.717) is 24.7 Å². The number of nitrogens with one attached hydrogen (secondary N) is 1. The molecule has 0 saturated carbocycles. The molecule has 1 aliphatic rings. The molecule has 24 heavy (non-hydrogen) atoms. The molecule has 0 spiro atoms. The molecule has 2 N–H and O–H groups in total. The van der Waals surface area contributed by atoms with E-state index in [0.717, 1.165) is 31.4 Å². The van der Waals surface area contributed by atoms with Gasteiger partial charge in [-0.15, -0.1) is 0 Å². The van der Waals surface area contributed by atoms with Crippen LogP contribution in [0.2, 0.25) is 0 Å². The van der Waals surface area contributed by atoms with Crippen LogP contribution in [-0.2, 0) is 13.0 Å². The van der Waals surface area contributed by atoms with Crippen molar-refractivity contribution >= 4 is 10.9 Å². The monoisotopic (exact) mass is 326 g/mol. The Bertz CT molecular complexity index is 840. The number of nitrogens with zero attached hydrogens (tertiary/aromatic N) is 3. The molecule has 126 valence electrons. The lowest BCUT2D eigenvalue weighted by molar-refractivity contribution is -0.0372. The van der Waals surface area contributed by atoms with Gasteiger partial charge in [-0.3, -0.25) is 4.90 Å². The molecule has 1 unspecified atom stereocenters. The molecule has 1 fully saturated rings. The zero-order valence-electron chi connectivity index (χ0n) is 13.8. The van der Waals surface area contributed by atoms with Crippen molar-refractivity contribution in [2.75, 3.05) is 13.1 Å². The number of aliphatic hydroxyl groups is 1. The van der Waals surface area contributed by atoms with E-state index in [-0.39, 0.29) is 0 Å². The summed E-state index contributed by atoms with van der Waals surface area (Å²) in [5.41, 5.74) is 1.64. The molecule has 0 amide bonds. The molecule has 4 rings (SSSR count). The molecular formula is C18H22N4O2. The molecule has 0 aliphatic carbocycles. The zero-order chi connectivity index (χ0) is 16.6. The average Bonchev–Trinajstić information content (AvgIpc) is 3.16. The van der Waals surface area contributed by atoms with Crippen LogP contribution in [0.3, 0.4) is 0 Å². The van der Waals surface area contributed by atoms with Crippen molar-refractivity contribution in [2.24, 2.45) is 0 Å². The normalized spacial score (nSPS) is 22.2. The summed E-state index contributed by atoms with van der Waals surface area (Å²) in [6, 6.07) is 8.43. The first kappa shape index (κ1) is 15.4. The molecule has 0 radical (unpaired) electrons. The lowest BCUT2D eigenvalue weighted by Gasteiger charge is -2.38. The van der Waals surface area contributed by atoms with Crippen LogP contribution in [0.1, 0.15) is 30.1 Å². The molecule has 1 aromatic carbocycles. The van der Waals surface area contributed by atoms with Crippen molar-refractivity contribution < 1.29 is 9.63 Å². The number of aryl methyl sites for hydroxylation is 1. The highest BCUT2D eigenvalue weighted by atomic mass is 16.5. The number of hydrogen-bond donors (Lipinski definition) is 2. The Morgan fingerprint density at radius 2 is 2.29 bits per heavy atom. The van der Waals surface area contributed by atoms with Gasteiger partial charge >= 0.3 is 0 Å². The van der Waals surface area contributed by atoms with Crippen molar-refractivity contribution in [1.82, 2.24) is 20.0 Å². The third kappa shape index (κ3) is 3.07. The summed E-state index contributed by atoms with van der Waals surface area (Å²) in [6.07, 6.45) is 4.11. The molecule has 0 bridgehead atoms. The SMILES string of the molecule is Cc1noc(CC2(O)CCCN(Cc3cccc4[nH]ccc34)C2)n1. The van der Waals surface area contributed by atoms with E-state index >= 15 is 0 Å². The van der Waals surface area contributed by atoms with E-state index in [1.807, 2.05) is 6.20 Å². The smallest absolute Gasteiger partial charge is 0.229 e. The van der Waals surface area contributed by atoms with Gasteiger partial charge < -0.3 is 14.6 Å². The van der Waals surface area contributed by atoms with Crippen molar-refractivity contribution in [1.29, 1.82) is 0 Å². The molecule has 2 aromatic heterocycles. The Morgan fingerprint density at radius 3 is 3.12 bits per heavy atom. The van der Waals surface area contributed by atoms with Crippen LogP contribution in [0, 0.1) is 6.92 Å². The number of H-pyrrole nitrogens is 1. The Balaban J connectivity index is 1.49. The molecule has 3 heterocycles. The van der Waals surface area contributed by atoms with Crippen molar-refractivity contribution in [3.05, 3.63) is 47.7 Å². The Kier molecular flexibility index (Phi) is 3.86. The topological polar surface area (TPSA) is 78.2 Å². The van der Waals surface area contributed by atoms with E-state index in [1.54, 1.807) is 6.92 Å². The summed E-state index contributed by atoms with van der Waals surface area (Å²) < 4.78 is 5.19. The predicted molar refractivity (Wildman–Crippen MR) is 90.5 cm³/mol. The van der Waals surface area contributed by atoms with Gasteiger partial charge in [-0.05, 0) is 44.0 Å². The standard InChI is InChI=1S/C18H22N4O2/c1-13-20-17(24-21-13)10-18(23)7-3-9-22(12-18)11-14-4-2-5-16-15(14)6-8-19-16/h2,4-6,8,19,23H,3,7,9-12H2,1H3. The van der Waals surface area contributed by atoms with E-state index < -0.39 is 5.60 Å². The van der Waals surface area contributed by atoms with Gasteiger partial charge in [-0.25, -0.2) is 0 Å².